The van der Waals surface area contributed by atoms with Crippen LogP contribution < -0.4 is 5.32 Å². The molecule has 0 aromatic heterocycles. The van der Waals surface area contributed by atoms with Gasteiger partial charge in [0.1, 0.15) is 0 Å². The van der Waals surface area contributed by atoms with Gasteiger partial charge in [0.05, 0.1) is 0 Å². The SMILES string of the molecule is CCNC1CCC(CC)CC1CN(CC)C(C)CC. The predicted molar refractivity (Wildman–Crippen MR) is 85.6 cm³/mol. The van der Waals surface area contributed by atoms with Gasteiger partial charge in [-0.15, -0.1) is 0 Å². The Morgan fingerprint density at radius 2 is 1.89 bits per heavy atom. The summed E-state index contributed by atoms with van der Waals surface area (Å²) in [4.78, 5) is 2.69. The summed E-state index contributed by atoms with van der Waals surface area (Å²) in [6.07, 6.45) is 6.88. The first kappa shape index (κ1) is 17.0. The third-order valence-electron chi connectivity index (χ3n) is 5.22. The van der Waals surface area contributed by atoms with E-state index in [0.29, 0.717) is 0 Å². The average molecular weight is 268 g/mol. The summed E-state index contributed by atoms with van der Waals surface area (Å²) in [5.74, 6) is 1.82. The Labute approximate surface area is 121 Å². The van der Waals surface area contributed by atoms with E-state index in [-0.39, 0.29) is 0 Å². The smallest absolute Gasteiger partial charge is 0.0108 e. The van der Waals surface area contributed by atoms with E-state index < -0.39 is 0 Å². The van der Waals surface area contributed by atoms with Gasteiger partial charge in [-0.1, -0.05) is 34.1 Å². The van der Waals surface area contributed by atoms with Crippen LogP contribution in [0.3, 0.4) is 0 Å². The van der Waals surface area contributed by atoms with Crippen molar-refractivity contribution in [2.24, 2.45) is 11.8 Å². The number of hydrogen-bond donors (Lipinski definition) is 1. The highest BCUT2D eigenvalue weighted by atomic mass is 15.1. The van der Waals surface area contributed by atoms with Crippen molar-refractivity contribution >= 4 is 0 Å². The van der Waals surface area contributed by atoms with Crippen LogP contribution in [0, 0.1) is 11.8 Å². The molecule has 0 aromatic carbocycles. The van der Waals surface area contributed by atoms with Gasteiger partial charge in [0.15, 0.2) is 0 Å². The van der Waals surface area contributed by atoms with E-state index in [9.17, 15) is 0 Å². The van der Waals surface area contributed by atoms with E-state index in [0.717, 1.165) is 30.5 Å². The van der Waals surface area contributed by atoms with Gasteiger partial charge in [-0.25, -0.2) is 0 Å². The summed E-state index contributed by atoms with van der Waals surface area (Å²) >= 11 is 0. The monoisotopic (exact) mass is 268 g/mol. The molecule has 0 aromatic rings. The molecule has 1 saturated carbocycles. The van der Waals surface area contributed by atoms with Gasteiger partial charge in [-0.05, 0) is 57.5 Å². The van der Waals surface area contributed by atoms with E-state index in [1.807, 2.05) is 0 Å². The van der Waals surface area contributed by atoms with Crippen molar-refractivity contribution in [1.82, 2.24) is 10.2 Å². The molecule has 0 spiro atoms. The van der Waals surface area contributed by atoms with Crippen LogP contribution in [0.25, 0.3) is 0 Å². The first-order valence-electron chi connectivity index (χ1n) is 8.63. The quantitative estimate of drug-likeness (QED) is 0.718. The van der Waals surface area contributed by atoms with E-state index in [1.54, 1.807) is 0 Å². The Kier molecular flexibility index (Phi) is 8.01. The van der Waals surface area contributed by atoms with Crippen LogP contribution in [0.5, 0.6) is 0 Å². The summed E-state index contributed by atoms with van der Waals surface area (Å²) in [6, 6.07) is 1.49. The normalized spacial score (nSPS) is 29.7. The Morgan fingerprint density at radius 3 is 2.42 bits per heavy atom. The summed E-state index contributed by atoms with van der Waals surface area (Å²) in [5.41, 5.74) is 0. The third-order valence-corrected chi connectivity index (χ3v) is 5.22. The molecule has 1 rings (SSSR count). The first-order valence-corrected chi connectivity index (χ1v) is 8.63. The van der Waals surface area contributed by atoms with Crippen LogP contribution in [-0.2, 0) is 0 Å². The van der Waals surface area contributed by atoms with Crippen LogP contribution in [0.15, 0.2) is 0 Å². The topological polar surface area (TPSA) is 15.3 Å². The van der Waals surface area contributed by atoms with E-state index >= 15 is 0 Å². The molecule has 0 amide bonds. The Bertz CT molecular complexity index is 229. The minimum Gasteiger partial charge on any atom is -0.314 e. The minimum atomic E-state index is 0.731. The summed E-state index contributed by atoms with van der Waals surface area (Å²) < 4.78 is 0. The standard InChI is InChI=1S/C17H36N2/c1-6-14(5)19(9-4)13-16-12-15(7-2)10-11-17(16)18-8-3/h14-18H,6-13H2,1-5H3. The maximum Gasteiger partial charge on any atom is 0.0108 e. The van der Waals surface area contributed by atoms with Gasteiger partial charge in [0.2, 0.25) is 0 Å². The number of hydrogen-bond acceptors (Lipinski definition) is 2. The lowest BCUT2D eigenvalue weighted by Crippen LogP contribution is -2.47. The summed E-state index contributed by atoms with van der Waals surface area (Å²) in [6.45, 7) is 15.2. The molecule has 114 valence electrons. The molecule has 4 atom stereocenters. The number of nitrogens with one attached hydrogen (secondary N) is 1. The van der Waals surface area contributed by atoms with Gasteiger partial charge < -0.3 is 10.2 Å². The average Bonchev–Trinajstić information content (AvgIpc) is 2.45. The fraction of sp³-hybridized carbons (Fsp3) is 1.00. The molecule has 2 nitrogen and oxygen atoms in total. The van der Waals surface area contributed by atoms with Gasteiger partial charge in [-0.2, -0.15) is 0 Å². The van der Waals surface area contributed by atoms with Crippen molar-refractivity contribution in [2.45, 2.75) is 78.8 Å². The van der Waals surface area contributed by atoms with Gasteiger partial charge in [0.25, 0.3) is 0 Å². The van der Waals surface area contributed by atoms with Crippen LogP contribution in [0.2, 0.25) is 0 Å². The highest BCUT2D eigenvalue weighted by molar-refractivity contribution is 4.86. The third kappa shape index (κ3) is 5.07. The van der Waals surface area contributed by atoms with Crippen LogP contribution in [0.1, 0.15) is 66.7 Å². The highest BCUT2D eigenvalue weighted by Crippen LogP contribution is 2.32. The predicted octanol–water partition coefficient (Wildman–Crippen LogP) is 3.91. The molecule has 4 unspecified atom stereocenters. The minimum absolute atomic E-state index is 0.731. The molecule has 1 fully saturated rings. The largest absolute Gasteiger partial charge is 0.314 e. The number of nitrogens with zero attached hydrogens (tertiary/aromatic N) is 1. The zero-order valence-corrected chi connectivity index (χ0v) is 13.9. The maximum atomic E-state index is 3.74. The Balaban J connectivity index is 2.61. The molecular formula is C17H36N2. The van der Waals surface area contributed by atoms with Gasteiger partial charge in [-0.3, -0.25) is 0 Å². The second kappa shape index (κ2) is 8.97. The van der Waals surface area contributed by atoms with Crippen molar-refractivity contribution in [1.29, 1.82) is 0 Å². The number of rotatable bonds is 8. The van der Waals surface area contributed by atoms with Gasteiger partial charge >= 0.3 is 0 Å². The van der Waals surface area contributed by atoms with Crippen molar-refractivity contribution < 1.29 is 0 Å². The van der Waals surface area contributed by atoms with Crippen LogP contribution in [-0.4, -0.2) is 36.6 Å². The Morgan fingerprint density at radius 1 is 1.16 bits per heavy atom. The zero-order valence-electron chi connectivity index (χ0n) is 13.9. The van der Waals surface area contributed by atoms with Gasteiger partial charge in [0, 0.05) is 18.6 Å². The fourth-order valence-corrected chi connectivity index (χ4v) is 3.64. The molecule has 1 N–H and O–H groups in total. The molecule has 19 heavy (non-hydrogen) atoms. The molecule has 0 aliphatic heterocycles. The molecule has 0 radical (unpaired) electrons. The van der Waals surface area contributed by atoms with Crippen molar-refractivity contribution in [3.63, 3.8) is 0 Å². The first-order chi connectivity index (χ1) is 9.15. The summed E-state index contributed by atoms with van der Waals surface area (Å²) in [7, 11) is 0. The zero-order chi connectivity index (χ0) is 14.3. The molecule has 0 bridgehead atoms. The molecule has 2 heteroatoms. The van der Waals surface area contributed by atoms with E-state index in [1.165, 1.54) is 45.2 Å². The Hall–Kier alpha value is -0.0800. The molecule has 1 aliphatic carbocycles. The van der Waals surface area contributed by atoms with Crippen LogP contribution in [0.4, 0.5) is 0 Å². The second-order valence-electron chi connectivity index (χ2n) is 6.36. The lowest BCUT2D eigenvalue weighted by Gasteiger charge is -2.40. The molecular weight excluding hydrogens is 232 g/mol. The van der Waals surface area contributed by atoms with Crippen LogP contribution >= 0.6 is 0 Å². The van der Waals surface area contributed by atoms with Crippen molar-refractivity contribution in [2.75, 3.05) is 19.6 Å². The molecule has 0 heterocycles. The molecule has 1 aliphatic rings. The maximum absolute atomic E-state index is 3.74. The highest BCUT2D eigenvalue weighted by Gasteiger charge is 2.30. The molecule has 0 saturated heterocycles. The second-order valence-corrected chi connectivity index (χ2v) is 6.36. The van der Waals surface area contributed by atoms with Crippen molar-refractivity contribution in [3.05, 3.63) is 0 Å². The fourth-order valence-electron chi connectivity index (χ4n) is 3.64. The summed E-state index contributed by atoms with van der Waals surface area (Å²) in [5, 5.41) is 3.74. The van der Waals surface area contributed by atoms with Crippen molar-refractivity contribution in [3.8, 4) is 0 Å². The van der Waals surface area contributed by atoms with E-state index in [4.69, 9.17) is 0 Å². The van der Waals surface area contributed by atoms with E-state index in [2.05, 4.69) is 44.8 Å². The lowest BCUT2D eigenvalue weighted by atomic mass is 9.76. The lowest BCUT2D eigenvalue weighted by molar-refractivity contribution is 0.117.